The summed E-state index contributed by atoms with van der Waals surface area (Å²) in [5.74, 6) is 0. The Morgan fingerprint density at radius 1 is 1.78 bits per heavy atom. The lowest BCUT2D eigenvalue weighted by Crippen LogP contribution is -2.29. The largest absolute Gasteiger partial charge is 0.330 e. The van der Waals surface area contributed by atoms with Crippen LogP contribution in [-0.4, -0.2) is 19.3 Å². The normalized spacial score (nSPS) is 33.1. The van der Waals surface area contributed by atoms with Crippen molar-refractivity contribution in [3.63, 3.8) is 0 Å². The number of nitrogens with two attached hydrogens (primary N) is 1. The number of aliphatic imine (C=N–C) groups is 1. The lowest BCUT2D eigenvalue weighted by molar-refractivity contribution is 0.453. The molecule has 1 aliphatic heterocycles. The molecule has 0 saturated carbocycles. The molecule has 1 unspecified atom stereocenters. The standard InChI is InChI=1S/C7H12N2/c1-7(5-8)3-2-4-9-6-7/h2-4H,5-6,8H2,1H3. The number of dihydropyridines is 1. The van der Waals surface area contributed by atoms with E-state index < -0.39 is 0 Å². The first kappa shape index (κ1) is 6.49. The smallest absolute Gasteiger partial charge is 0.0489 e. The number of allylic oxidation sites excluding steroid dienone is 1. The molecule has 0 aromatic rings. The summed E-state index contributed by atoms with van der Waals surface area (Å²) in [7, 11) is 0. The Morgan fingerprint density at radius 2 is 2.56 bits per heavy atom. The van der Waals surface area contributed by atoms with Crippen molar-refractivity contribution < 1.29 is 0 Å². The zero-order chi connectivity index (χ0) is 6.74. The summed E-state index contributed by atoms with van der Waals surface area (Å²) in [6.45, 7) is 3.63. The van der Waals surface area contributed by atoms with E-state index in [0.717, 1.165) is 6.54 Å². The van der Waals surface area contributed by atoms with Gasteiger partial charge in [0.1, 0.15) is 0 Å². The first-order valence-electron chi connectivity index (χ1n) is 3.15. The summed E-state index contributed by atoms with van der Waals surface area (Å²) in [5.41, 5.74) is 5.63. The summed E-state index contributed by atoms with van der Waals surface area (Å²) in [5, 5.41) is 0. The van der Waals surface area contributed by atoms with Crippen molar-refractivity contribution in [1.82, 2.24) is 0 Å². The Bertz CT molecular complexity index is 149. The van der Waals surface area contributed by atoms with Gasteiger partial charge in [-0.05, 0) is 6.08 Å². The molecule has 0 aromatic heterocycles. The van der Waals surface area contributed by atoms with Crippen molar-refractivity contribution >= 4 is 6.21 Å². The fourth-order valence-corrected chi connectivity index (χ4v) is 0.783. The molecule has 1 heterocycles. The molecule has 50 valence electrons. The molecule has 2 heteroatoms. The van der Waals surface area contributed by atoms with E-state index in [2.05, 4.69) is 18.0 Å². The number of nitrogens with zero attached hydrogens (tertiary/aromatic N) is 1. The summed E-state index contributed by atoms with van der Waals surface area (Å²) >= 11 is 0. The Morgan fingerprint density at radius 3 is 2.89 bits per heavy atom. The average molecular weight is 124 g/mol. The van der Waals surface area contributed by atoms with Crippen LogP contribution in [0.2, 0.25) is 0 Å². The Balaban J connectivity index is 2.63. The lowest BCUT2D eigenvalue weighted by Gasteiger charge is -2.22. The number of rotatable bonds is 1. The second-order valence-corrected chi connectivity index (χ2v) is 2.71. The van der Waals surface area contributed by atoms with Gasteiger partial charge >= 0.3 is 0 Å². The van der Waals surface area contributed by atoms with Gasteiger partial charge in [0.15, 0.2) is 0 Å². The maximum absolute atomic E-state index is 5.51. The SMILES string of the molecule is CC1(CN)C=CC=NC1. The zero-order valence-electron chi connectivity index (χ0n) is 5.67. The van der Waals surface area contributed by atoms with Crippen LogP contribution >= 0.6 is 0 Å². The van der Waals surface area contributed by atoms with Gasteiger partial charge in [-0.15, -0.1) is 0 Å². The van der Waals surface area contributed by atoms with Crippen molar-refractivity contribution in [2.45, 2.75) is 6.92 Å². The third-order valence-corrected chi connectivity index (χ3v) is 1.61. The Labute approximate surface area is 55.5 Å². The monoisotopic (exact) mass is 124 g/mol. The summed E-state index contributed by atoms with van der Waals surface area (Å²) in [6.07, 6.45) is 5.88. The number of hydrogen-bond acceptors (Lipinski definition) is 2. The van der Waals surface area contributed by atoms with Gasteiger partial charge in [-0.1, -0.05) is 13.0 Å². The highest BCUT2D eigenvalue weighted by atomic mass is 14.8. The zero-order valence-corrected chi connectivity index (χ0v) is 5.67. The minimum absolute atomic E-state index is 0.120. The van der Waals surface area contributed by atoms with E-state index in [4.69, 9.17) is 5.73 Å². The van der Waals surface area contributed by atoms with Crippen LogP contribution in [0, 0.1) is 5.41 Å². The Kier molecular flexibility index (Phi) is 1.67. The minimum atomic E-state index is 0.120. The molecule has 0 aliphatic carbocycles. The van der Waals surface area contributed by atoms with Crippen molar-refractivity contribution in [2.75, 3.05) is 13.1 Å². The van der Waals surface area contributed by atoms with Crippen LogP contribution in [0.4, 0.5) is 0 Å². The van der Waals surface area contributed by atoms with E-state index in [1.807, 2.05) is 12.3 Å². The molecule has 1 aliphatic rings. The molecule has 1 rings (SSSR count). The molecule has 0 spiro atoms. The molecule has 0 bridgehead atoms. The lowest BCUT2D eigenvalue weighted by atomic mass is 9.89. The summed E-state index contributed by atoms with van der Waals surface area (Å²) in [4.78, 5) is 4.11. The van der Waals surface area contributed by atoms with Gasteiger partial charge in [0.25, 0.3) is 0 Å². The molecule has 0 saturated heterocycles. The van der Waals surface area contributed by atoms with Crippen LogP contribution in [-0.2, 0) is 0 Å². The second kappa shape index (κ2) is 2.31. The average Bonchev–Trinajstić information content (AvgIpc) is 1.90. The maximum Gasteiger partial charge on any atom is 0.0489 e. The van der Waals surface area contributed by atoms with Crippen LogP contribution in [0.1, 0.15) is 6.92 Å². The van der Waals surface area contributed by atoms with Gasteiger partial charge in [0, 0.05) is 24.7 Å². The second-order valence-electron chi connectivity index (χ2n) is 2.71. The van der Waals surface area contributed by atoms with Crippen molar-refractivity contribution in [3.8, 4) is 0 Å². The van der Waals surface area contributed by atoms with E-state index >= 15 is 0 Å². The fraction of sp³-hybridized carbons (Fsp3) is 0.571. The molecule has 0 aromatic carbocycles. The summed E-state index contributed by atoms with van der Waals surface area (Å²) < 4.78 is 0. The van der Waals surface area contributed by atoms with E-state index in [9.17, 15) is 0 Å². The molecule has 2 nitrogen and oxygen atoms in total. The van der Waals surface area contributed by atoms with E-state index in [-0.39, 0.29) is 5.41 Å². The van der Waals surface area contributed by atoms with Crippen molar-refractivity contribution in [3.05, 3.63) is 12.2 Å². The highest BCUT2D eigenvalue weighted by molar-refractivity contribution is 5.72. The van der Waals surface area contributed by atoms with Crippen molar-refractivity contribution in [2.24, 2.45) is 16.1 Å². The molecular formula is C7H12N2. The van der Waals surface area contributed by atoms with Crippen LogP contribution in [0.5, 0.6) is 0 Å². The van der Waals surface area contributed by atoms with Crippen LogP contribution < -0.4 is 5.73 Å². The van der Waals surface area contributed by atoms with Gasteiger partial charge in [-0.2, -0.15) is 0 Å². The van der Waals surface area contributed by atoms with Gasteiger partial charge < -0.3 is 5.73 Å². The molecule has 0 amide bonds. The third kappa shape index (κ3) is 1.39. The first-order valence-corrected chi connectivity index (χ1v) is 3.15. The van der Waals surface area contributed by atoms with Gasteiger partial charge in [-0.25, -0.2) is 0 Å². The Hall–Kier alpha value is -0.630. The summed E-state index contributed by atoms with van der Waals surface area (Å²) in [6, 6.07) is 0. The predicted molar refractivity (Wildman–Crippen MR) is 39.7 cm³/mol. The van der Waals surface area contributed by atoms with Gasteiger partial charge in [-0.3, -0.25) is 4.99 Å². The fourth-order valence-electron chi connectivity index (χ4n) is 0.783. The molecule has 0 fully saturated rings. The first-order chi connectivity index (χ1) is 4.27. The van der Waals surface area contributed by atoms with E-state index in [1.165, 1.54) is 0 Å². The van der Waals surface area contributed by atoms with Crippen LogP contribution in [0.15, 0.2) is 17.1 Å². The molecule has 2 N–H and O–H groups in total. The molecule has 1 atom stereocenters. The van der Waals surface area contributed by atoms with Crippen LogP contribution in [0.3, 0.4) is 0 Å². The molecular weight excluding hydrogens is 112 g/mol. The minimum Gasteiger partial charge on any atom is -0.330 e. The van der Waals surface area contributed by atoms with E-state index in [1.54, 1.807) is 0 Å². The maximum atomic E-state index is 5.51. The van der Waals surface area contributed by atoms with Crippen LogP contribution in [0.25, 0.3) is 0 Å². The highest BCUT2D eigenvalue weighted by Crippen LogP contribution is 2.18. The quantitative estimate of drug-likeness (QED) is 0.546. The number of hydrogen-bond donors (Lipinski definition) is 1. The van der Waals surface area contributed by atoms with Crippen molar-refractivity contribution in [1.29, 1.82) is 0 Å². The van der Waals surface area contributed by atoms with Gasteiger partial charge in [0.2, 0.25) is 0 Å². The van der Waals surface area contributed by atoms with Gasteiger partial charge in [0.05, 0.1) is 0 Å². The predicted octanol–water partition coefficient (Wildman–Crippen LogP) is 0.592. The highest BCUT2D eigenvalue weighted by Gasteiger charge is 2.18. The molecule has 0 radical (unpaired) electrons. The topological polar surface area (TPSA) is 38.4 Å². The van der Waals surface area contributed by atoms with E-state index in [0.29, 0.717) is 6.54 Å². The molecule has 9 heavy (non-hydrogen) atoms. The third-order valence-electron chi connectivity index (χ3n) is 1.61.